The minimum absolute atomic E-state index is 0.0196. The lowest BCUT2D eigenvalue weighted by molar-refractivity contribution is -0.140. The van der Waals surface area contributed by atoms with Gasteiger partial charge in [-0.25, -0.2) is 9.78 Å². The molecule has 1 aromatic carbocycles. The Balaban J connectivity index is 1.34. The van der Waals surface area contributed by atoms with E-state index < -0.39 is 64.7 Å². The first-order valence-electron chi connectivity index (χ1n) is 20.7. The lowest BCUT2D eigenvalue weighted by Gasteiger charge is -2.34. The Hall–Kier alpha value is -4.81. The topological polar surface area (TPSA) is 182 Å². The molecule has 13 heteroatoms. The molecule has 3 aliphatic rings. The number of carbonyl (C=O) groups is 7. The quantitative estimate of drug-likeness (QED) is 0.164. The van der Waals surface area contributed by atoms with E-state index in [-0.39, 0.29) is 68.1 Å². The number of hydrogen-bond acceptors (Lipinski definition) is 10. The Morgan fingerprint density at radius 2 is 1.63 bits per heavy atom. The van der Waals surface area contributed by atoms with Gasteiger partial charge in [-0.2, -0.15) is 0 Å². The maximum atomic E-state index is 14.4. The molecule has 3 fully saturated rings. The van der Waals surface area contributed by atoms with Crippen molar-refractivity contribution in [3.05, 3.63) is 60.2 Å². The normalized spacial score (nSPS) is 20.2. The molecule has 2 heterocycles. The summed E-state index contributed by atoms with van der Waals surface area (Å²) in [5.74, 6) is -4.90. The fourth-order valence-electron chi connectivity index (χ4n) is 8.18. The van der Waals surface area contributed by atoms with Crippen LogP contribution in [-0.4, -0.2) is 81.1 Å². The zero-order valence-corrected chi connectivity index (χ0v) is 33.9. The third-order valence-electron chi connectivity index (χ3n) is 11.7. The lowest BCUT2D eigenvalue weighted by Crippen LogP contribution is -2.51. The van der Waals surface area contributed by atoms with Crippen molar-refractivity contribution in [3.63, 3.8) is 0 Å². The van der Waals surface area contributed by atoms with Crippen LogP contribution in [0.15, 0.2) is 48.9 Å². The minimum Gasteiger partial charge on any atom is -0.445 e. The highest BCUT2D eigenvalue weighted by Gasteiger charge is 2.45. The molecule has 1 aromatic heterocycles. The van der Waals surface area contributed by atoms with E-state index in [1.54, 1.807) is 0 Å². The smallest absolute Gasteiger partial charge is 0.410 e. The molecule has 0 bridgehead atoms. The number of amides is 3. The monoisotopic (exact) mass is 785 g/mol. The maximum Gasteiger partial charge on any atom is 0.410 e. The summed E-state index contributed by atoms with van der Waals surface area (Å²) in [6, 6.07) is 7.52. The molecule has 2 unspecified atom stereocenters. The zero-order chi connectivity index (χ0) is 41.1. The highest BCUT2D eigenvalue weighted by Crippen LogP contribution is 2.35. The summed E-state index contributed by atoms with van der Waals surface area (Å²) >= 11 is 0. The number of rotatable bonds is 19. The van der Waals surface area contributed by atoms with Gasteiger partial charge in [0.1, 0.15) is 18.1 Å². The number of nitrogens with zero attached hydrogens (tertiary/aromatic N) is 3. The number of nitrogens with one attached hydrogen (secondary N) is 2. The van der Waals surface area contributed by atoms with Crippen molar-refractivity contribution >= 4 is 41.0 Å². The third kappa shape index (κ3) is 12.3. The fraction of sp³-hybridized carbons (Fsp3) is 0.614. The summed E-state index contributed by atoms with van der Waals surface area (Å²) < 4.78 is 5.60. The molecular formula is C44H59N5O8. The van der Waals surface area contributed by atoms with Crippen molar-refractivity contribution < 1.29 is 38.3 Å². The number of benzene rings is 1. The van der Waals surface area contributed by atoms with Gasteiger partial charge >= 0.3 is 6.09 Å². The summed E-state index contributed by atoms with van der Waals surface area (Å²) in [7, 11) is 0. The first-order valence-corrected chi connectivity index (χ1v) is 20.7. The number of carbonyl (C=O) groups excluding carboxylic acids is 7. The van der Waals surface area contributed by atoms with Crippen LogP contribution in [0.25, 0.3) is 0 Å². The van der Waals surface area contributed by atoms with Crippen molar-refractivity contribution in [2.45, 2.75) is 123 Å². The Labute approximate surface area is 335 Å². The van der Waals surface area contributed by atoms with Gasteiger partial charge in [0.05, 0.1) is 24.2 Å². The highest BCUT2D eigenvalue weighted by atomic mass is 16.6. The molecule has 5 rings (SSSR count). The largest absolute Gasteiger partial charge is 0.445 e. The van der Waals surface area contributed by atoms with Gasteiger partial charge in [0.25, 0.3) is 5.91 Å². The third-order valence-corrected chi connectivity index (χ3v) is 11.7. The van der Waals surface area contributed by atoms with Crippen LogP contribution < -0.4 is 10.6 Å². The number of ether oxygens (including phenoxy) is 1. The molecule has 0 radical (unpaired) electrons. The molecule has 2 saturated carbocycles. The molecule has 2 N–H and O–H groups in total. The molecule has 57 heavy (non-hydrogen) atoms. The predicted molar refractivity (Wildman–Crippen MR) is 211 cm³/mol. The summed E-state index contributed by atoms with van der Waals surface area (Å²) in [5, 5.41) is 5.96. The van der Waals surface area contributed by atoms with Crippen LogP contribution in [0.1, 0.15) is 121 Å². The van der Waals surface area contributed by atoms with Crippen LogP contribution in [-0.2, 0) is 35.3 Å². The van der Waals surface area contributed by atoms with Crippen LogP contribution in [0.5, 0.6) is 0 Å². The average Bonchev–Trinajstić information content (AvgIpc) is 3.92. The van der Waals surface area contributed by atoms with Crippen LogP contribution >= 0.6 is 0 Å². The van der Waals surface area contributed by atoms with Crippen LogP contribution in [0.3, 0.4) is 0 Å². The predicted octanol–water partition coefficient (Wildman–Crippen LogP) is 5.84. The van der Waals surface area contributed by atoms with E-state index in [0.29, 0.717) is 12.8 Å². The Bertz CT molecular complexity index is 1740. The Kier molecular flexibility index (Phi) is 15.2. The number of hydrogen-bond donors (Lipinski definition) is 2. The van der Waals surface area contributed by atoms with Crippen molar-refractivity contribution in [2.24, 2.45) is 35.0 Å². The number of ketones is 4. The molecule has 3 amide bonds. The van der Waals surface area contributed by atoms with E-state index in [2.05, 4.69) is 20.6 Å². The number of likely N-dealkylation sites (tertiary alicyclic amines) is 1. The summed E-state index contributed by atoms with van der Waals surface area (Å²) in [6.45, 7) is 7.44. The summed E-state index contributed by atoms with van der Waals surface area (Å²) in [6.07, 6.45) is 10.7. The van der Waals surface area contributed by atoms with Crippen molar-refractivity contribution in [3.8, 4) is 0 Å². The second kappa shape index (κ2) is 20.1. The molecule has 2 aromatic rings. The van der Waals surface area contributed by atoms with Crippen LogP contribution in [0, 0.1) is 35.0 Å². The minimum atomic E-state index is -0.874. The standard InChI is InChI=1S/C44H59N5O8/c1-5-12-31(40(53)38(52)21-28-17-18-28)22-36(50)32-25-49(43(56)57-27-29-13-8-6-9-14-29)26-35(32)47-41(54)33(44(2,3)4)23-37(51)39(30-15-10-7-11-16-30)48-42(55)34-24-45-19-20-46-34/h6,8-9,13-14,19-20,24,28,30-33,35,39H,5,7,10-12,15-18,21-23,25-27H2,1-4H3,(H,47,54)(H,48,55)/t31-,32-,33?,35?,39+/m1/s1. The SMILES string of the molecule is CCC[C@H](CC(=O)[C@@H]1CN(C(=O)OCc2ccccc2)CC1NC(=O)C(CC(=O)[C@@H](NC(=O)c1cnccn1)C1CCCCC1)C(C)(C)C)C(=O)C(=O)CC1CC1. The second-order valence-corrected chi connectivity index (χ2v) is 17.3. The van der Waals surface area contributed by atoms with Gasteiger partial charge in [-0.15, -0.1) is 0 Å². The van der Waals surface area contributed by atoms with Gasteiger partial charge in [0, 0.05) is 56.6 Å². The summed E-state index contributed by atoms with van der Waals surface area (Å²) in [5.41, 5.74) is 0.172. The van der Waals surface area contributed by atoms with E-state index in [4.69, 9.17) is 4.74 Å². The van der Waals surface area contributed by atoms with E-state index in [1.165, 1.54) is 23.5 Å². The van der Waals surface area contributed by atoms with E-state index >= 15 is 0 Å². The molecule has 2 aliphatic carbocycles. The molecule has 5 atom stereocenters. The van der Waals surface area contributed by atoms with E-state index in [1.807, 2.05) is 58.0 Å². The fourth-order valence-corrected chi connectivity index (χ4v) is 8.18. The lowest BCUT2D eigenvalue weighted by atomic mass is 9.74. The van der Waals surface area contributed by atoms with Crippen LogP contribution in [0.4, 0.5) is 4.79 Å². The van der Waals surface area contributed by atoms with E-state index in [9.17, 15) is 33.6 Å². The number of aromatic nitrogens is 2. The molecular weight excluding hydrogens is 727 g/mol. The average molecular weight is 786 g/mol. The first-order chi connectivity index (χ1) is 27.2. The summed E-state index contributed by atoms with van der Waals surface area (Å²) in [4.78, 5) is 105. The van der Waals surface area contributed by atoms with Gasteiger partial charge < -0.3 is 20.3 Å². The molecule has 1 aliphatic heterocycles. The second-order valence-electron chi connectivity index (χ2n) is 17.3. The van der Waals surface area contributed by atoms with Crippen LogP contribution in [0.2, 0.25) is 0 Å². The van der Waals surface area contributed by atoms with Crippen molar-refractivity contribution in [1.29, 1.82) is 0 Å². The van der Waals surface area contributed by atoms with Gasteiger partial charge in [-0.05, 0) is 54.9 Å². The Morgan fingerprint density at radius 1 is 0.912 bits per heavy atom. The van der Waals surface area contributed by atoms with Gasteiger partial charge in [0.2, 0.25) is 11.7 Å². The highest BCUT2D eigenvalue weighted by molar-refractivity contribution is 6.38. The maximum absolute atomic E-state index is 14.4. The van der Waals surface area contributed by atoms with Gasteiger partial charge in [0.15, 0.2) is 11.6 Å². The van der Waals surface area contributed by atoms with Gasteiger partial charge in [-0.1, -0.05) is 83.7 Å². The van der Waals surface area contributed by atoms with Crippen molar-refractivity contribution in [2.75, 3.05) is 13.1 Å². The van der Waals surface area contributed by atoms with E-state index in [0.717, 1.165) is 50.5 Å². The molecule has 0 spiro atoms. The van der Waals surface area contributed by atoms with Gasteiger partial charge in [-0.3, -0.25) is 33.8 Å². The number of Topliss-reactive ketones (excluding diaryl/α,β-unsaturated/α-hetero) is 4. The molecule has 1 saturated heterocycles. The first kappa shape index (κ1) is 43.3. The molecule has 308 valence electrons. The zero-order valence-electron chi connectivity index (χ0n) is 33.9. The molecule has 13 nitrogen and oxygen atoms in total. The Morgan fingerprint density at radius 3 is 2.26 bits per heavy atom. The van der Waals surface area contributed by atoms with Crippen molar-refractivity contribution in [1.82, 2.24) is 25.5 Å².